The average Bonchev–Trinajstić information content (AvgIpc) is 2.64. The van der Waals surface area contributed by atoms with Crippen molar-refractivity contribution in [1.29, 1.82) is 5.26 Å². The van der Waals surface area contributed by atoms with Crippen LogP contribution in [0.3, 0.4) is 0 Å². The summed E-state index contributed by atoms with van der Waals surface area (Å²) < 4.78 is 56.7. The molecule has 0 N–H and O–H groups in total. The highest BCUT2D eigenvalue weighted by atomic mass is 19.4. The molecule has 0 radical (unpaired) electrons. The molecule has 0 fully saturated rings. The number of nitriles is 1. The standard InChI is InChI=1S/C16H13F3N2O6/c1-24-14(22)10-7-26-8-21(13(10)15(23)25-2)11-4-3-9(6-20)5-12(11)27-16(17,18)19/h3-5H,7-8H2,1-2H3. The molecule has 0 saturated heterocycles. The molecule has 27 heavy (non-hydrogen) atoms. The van der Waals surface area contributed by atoms with Crippen LogP contribution in [0, 0.1) is 11.3 Å². The lowest BCUT2D eigenvalue weighted by atomic mass is 10.1. The lowest BCUT2D eigenvalue weighted by Gasteiger charge is -2.32. The number of esters is 2. The van der Waals surface area contributed by atoms with Crippen molar-refractivity contribution >= 4 is 17.6 Å². The Labute approximate surface area is 151 Å². The van der Waals surface area contributed by atoms with Crippen LogP contribution >= 0.6 is 0 Å². The zero-order valence-electron chi connectivity index (χ0n) is 14.1. The van der Waals surface area contributed by atoms with Crippen LogP contribution in [-0.2, 0) is 23.8 Å². The number of hydrogen-bond acceptors (Lipinski definition) is 8. The van der Waals surface area contributed by atoms with Crippen molar-refractivity contribution in [3.05, 3.63) is 35.0 Å². The minimum atomic E-state index is -5.06. The molecule has 1 aliphatic heterocycles. The van der Waals surface area contributed by atoms with Gasteiger partial charge in [-0.3, -0.25) is 0 Å². The van der Waals surface area contributed by atoms with E-state index in [2.05, 4.69) is 14.2 Å². The number of halogens is 3. The van der Waals surface area contributed by atoms with E-state index in [1.807, 2.05) is 0 Å². The van der Waals surface area contributed by atoms with E-state index in [4.69, 9.17) is 10.00 Å². The van der Waals surface area contributed by atoms with Gasteiger partial charge in [-0.15, -0.1) is 13.2 Å². The molecule has 1 aromatic rings. The molecule has 0 aromatic heterocycles. The molecular formula is C16H13F3N2O6. The van der Waals surface area contributed by atoms with Crippen molar-refractivity contribution in [2.45, 2.75) is 6.36 Å². The van der Waals surface area contributed by atoms with Gasteiger partial charge in [0, 0.05) is 6.07 Å². The summed E-state index contributed by atoms with van der Waals surface area (Å²) in [6.07, 6.45) is -5.06. The fourth-order valence-electron chi connectivity index (χ4n) is 2.35. The SMILES string of the molecule is COC(=O)C1=C(C(=O)OC)N(c2ccc(C#N)cc2OC(F)(F)F)COC1. The van der Waals surface area contributed by atoms with Gasteiger partial charge in [-0.2, -0.15) is 5.26 Å². The Morgan fingerprint density at radius 1 is 1.22 bits per heavy atom. The highest BCUT2D eigenvalue weighted by molar-refractivity contribution is 6.03. The van der Waals surface area contributed by atoms with Crippen molar-refractivity contribution in [2.24, 2.45) is 0 Å². The summed E-state index contributed by atoms with van der Waals surface area (Å²) in [5, 5.41) is 8.92. The number of rotatable bonds is 4. The maximum atomic E-state index is 12.8. The van der Waals surface area contributed by atoms with Crippen molar-refractivity contribution < 1.29 is 41.7 Å². The van der Waals surface area contributed by atoms with E-state index in [9.17, 15) is 22.8 Å². The molecule has 8 nitrogen and oxygen atoms in total. The highest BCUT2D eigenvalue weighted by Gasteiger charge is 2.37. The topological polar surface area (TPSA) is 98.1 Å². The zero-order chi connectivity index (χ0) is 20.2. The number of carbonyl (C=O) groups is 2. The molecule has 1 aliphatic rings. The van der Waals surface area contributed by atoms with Crippen LogP contribution in [0.2, 0.25) is 0 Å². The van der Waals surface area contributed by atoms with Crippen LogP contribution in [0.5, 0.6) is 5.75 Å². The van der Waals surface area contributed by atoms with Crippen molar-refractivity contribution in [3.8, 4) is 11.8 Å². The summed E-state index contributed by atoms with van der Waals surface area (Å²) >= 11 is 0. The van der Waals surface area contributed by atoms with Crippen LogP contribution in [0.4, 0.5) is 18.9 Å². The average molecular weight is 386 g/mol. The van der Waals surface area contributed by atoms with Gasteiger partial charge in [0.1, 0.15) is 12.4 Å². The summed E-state index contributed by atoms with van der Waals surface area (Å²) in [6, 6.07) is 4.89. The molecule has 0 atom stereocenters. The molecule has 11 heteroatoms. The van der Waals surface area contributed by atoms with E-state index < -0.39 is 24.1 Å². The van der Waals surface area contributed by atoms with E-state index in [1.54, 1.807) is 6.07 Å². The maximum Gasteiger partial charge on any atom is 0.573 e. The number of methoxy groups -OCH3 is 2. The molecule has 1 heterocycles. The lowest BCUT2D eigenvalue weighted by Crippen LogP contribution is -2.39. The third kappa shape index (κ3) is 4.48. The largest absolute Gasteiger partial charge is 0.573 e. The van der Waals surface area contributed by atoms with Gasteiger partial charge in [0.2, 0.25) is 0 Å². The van der Waals surface area contributed by atoms with Crippen LogP contribution in [-0.4, -0.2) is 45.9 Å². The monoisotopic (exact) mass is 386 g/mol. The van der Waals surface area contributed by atoms with E-state index in [1.165, 1.54) is 6.07 Å². The van der Waals surface area contributed by atoms with Gasteiger partial charge in [0.05, 0.1) is 43.7 Å². The van der Waals surface area contributed by atoms with Crippen molar-refractivity contribution in [1.82, 2.24) is 0 Å². The fraction of sp³-hybridized carbons (Fsp3) is 0.312. The second-order valence-corrected chi connectivity index (χ2v) is 5.06. The van der Waals surface area contributed by atoms with Gasteiger partial charge in [0.25, 0.3) is 0 Å². The Morgan fingerprint density at radius 3 is 2.44 bits per heavy atom. The highest BCUT2D eigenvalue weighted by Crippen LogP contribution is 2.37. The predicted molar refractivity (Wildman–Crippen MR) is 82.2 cm³/mol. The first kappa shape index (κ1) is 20.1. The molecule has 0 unspecified atom stereocenters. The minimum absolute atomic E-state index is 0.104. The number of alkyl halides is 3. The van der Waals surface area contributed by atoms with Crippen molar-refractivity contribution in [2.75, 3.05) is 32.5 Å². The maximum absolute atomic E-state index is 12.8. The number of benzene rings is 1. The van der Waals surface area contributed by atoms with Gasteiger partial charge in [0.15, 0.2) is 5.75 Å². The zero-order valence-corrected chi connectivity index (χ0v) is 14.1. The first-order valence-corrected chi connectivity index (χ1v) is 7.26. The Morgan fingerprint density at radius 2 is 1.89 bits per heavy atom. The molecular weight excluding hydrogens is 373 g/mol. The molecule has 0 amide bonds. The molecule has 0 saturated carbocycles. The predicted octanol–water partition coefficient (Wildman–Crippen LogP) is 1.85. The normalized spacial score (nSPS) is 14.4. The summed E-state index contributed by atoms with van der Waals surface area (Å²) in [5.41, 5.74) is -0.953. The Kier molecular flexibility index (Phi) is 5.91. The second kappa shape index (κ2) is 7.96. The first-order chi connectivity index (χ1) is 12.7. The third-order valence-corrected chi connectivity index (χ3v) is 3.44. The summed E-state index contributed by atoms with van der Waals surface area (Å²) in [4.78, 5) is 25.1. The molecule has 0 bridgehead atoms. The number of anilines is 1. The Bertz CT molecular complexity index is 828. The Hall–Kier alpha value is -3.26. The van der Waals surface area contributed by atoms with E-state index in [0.29, 0.717) is 0 Å². The minimum Gasteiger partial charge on any atom is -0.466 e. The van der Waals surface area contributed by atoms with Crippen LogP contribution in [0.1, 0.15) is 5.56 Å². The molecule has 0 aliphatic carbocycles. The van der Waals surface area contributed by atoms with Gasteiger partial charge in [-0.1, -0.05) is 0 Å². The summed E-state index contributed by atoms with van der Waals surface area (Å²) in [6.45, 7) is -0.676. The number of carbonyl (C=O) groups excluding carboxylic acids is 2. The number of ether oxygens (including phenoxy) is 4. The molecule has 0 spiro atoms. The van der Waals surface area contributed by atoms with Gasteiger partial charge in [-0.25, -0.2) is 9.59 Å². The van der Waals surface area contributed by atoms with Gasteiger partial charge in [-0.05, 0) is 12.1 Å². The fourth-order valence-corrected chi connectivity index (χ4v) is 2.35. The molecule has 144 valence electrons. The lowest BCUT2D eigenvalue weighted by molar-refractivity contribution is -0.274. The van der Waals surface area contributed by atoms with Gasteiger partial charge >= 0.3 is 18.3 Å². The second-order valence-electron chi connectivity index (χ2n) is 5.06. The molecule has 2 rings (SSSR count). The van der Waals surface area contributed by atoms with E-state index in [-0.39, 0.29) is 35.9 Å². The van der Waals surface area contributed by atoms with Crippen LogP contribution in [0.15, 0.2) is 29.5 Å². The third-order valence-electron chi connectivity index (χ3n) is 3.44. The smallest absolute Gasteiger partial charge is 0.466 e. The quantitative estimate of drug-likeness (QED) is 0.723. The first-order valence-electron chi connectivity index (χ1n) is 7.26. The van der Waals surface area contributed by atoms with Crippen LogP contribution in [0.25, 0.3) is 0 Å². The summed E-state index contributed by atoms with van der Waals surface area (Å²) in [5.74, 6) is -2.65. The molecule has 1 aromatic carbocycles. The van der Waals surface area contributed by atoms with E-state index >= 15 is 0 Å². The van der Waals surface area contributed by atoms with Crippen LogP contribution < -0.4 is 9.64 Å². The van der Waals surface area contributed by atoms with E-state index in [0.717, 1.165) is 31.3 Å². The van der Waals surface area contributed by atoms with Crippen molar-refractivity contribution in [3.63, 3.8) is 0 Å². The number of hydrogen-bond donors (Lipinski definition) is 0. The Balaban J connectivity index is 2.65. The summed E-state index contributed by atoms with van der Waals surface area (Å²) in [7, 11) is 2.12. The number of nitrogens with zero attached hydrogens (tertiary/aromatic N) is 2. The van der Waals surface area contributed by atoms with Gasteiger partial charge < -0.3 is 23.8 Å².